The van der Waals surface area contributed by atoms with Crippen LogP contribution < -0.4 is 0 Å². The molecule has 4 nitrogen and oxygen atoms in total. The number of rotatable bonds is 4. The topological polar surface area (TPSA) is 38.5 Å². The molecule has 0 bridgehead atoms. The van der Waals surface area contributed by atoms with E-state index in [1.807, 2.05) is 23.2 Å². The Morgan fingerprint density at radius 3 is 2.56 bits per heavy atom. The summed E-state index contributed by atoms with van der Waals surface area (Å²) in [5, 5.41) is 0. The Balaban J connectivity index is 2.51. The maximum atomic E-state index is 5.40. The molecule has 18 heavy (non-hydrogen) atoms. The number of imidazole rings is 1. The Hall–Kier alpha value is -1.01. The van der Waals surface area contributed by atoms with E-state index in [1.165, 1.54) is 12.8 Å². The quantitative estimate of drug-likeness (QED) is 0.689. The second kappa shape index (κ2) is 5.32. The molecule has 2 aromatic rings. The largest absolute Gasteiger partial charge is 0.338 e. The predicted octanol–water partition coefficient (Wildman–Crippen LogP) is 3.43. The molecule has 0 fully saturated rings. The highest BCUT2D eigenvalue weighted by atomic mass is 32.1. The van der Waals surface area contributed by atoms with E-state index < -0.39 is 0 Å². The number of nitrogens with one attached hydrogen (secondary N) is 1. The van der Waals surface area contributed by atoms with Crippen LogP contribution in [0.15, 0.2) is 0 Å². The van der Waals surface area contributed by atoms with Crippen LogP contribution in [-0.2, 0) is 20.5 Å². The molecule has 0 aliphatic heterocycles. The molecule has 2 rings (SSSR count). The number of hydrogen-bond acceptors (Lipinski definition) is 3. The Bertz CT molecular complexity index is 678. The second-order valence-electron chi connectivity index (χ2n) is 4.54. The molecule has 0 aromatic carbocycles. The predicted molar refractivity (Wildman–Crippen MR) is 78.9 cm³/mol. The molecule has 0 spiro atoms. The maximum Gasteiger partial charge on any atom is 0.182 e. The van der Waals surface area contributed by atoms with Crippen molar-refractivity contribution in [3.63, 3.8) is 0 Å². The van der Waals surface area contributed by atoms with Crippen LogP contribution in [0.1, 0.15) is 32.0 Å². The number of aromatic amines is 1. The van der Waals surface area contributed by atoms with Gasteiger partial charge < -0.3 is 14.1 Å². The molecule has 6 heteroatoms. The minimum Gasteiger partial charge on any atom is -0.338 e. The van der Waals surface area contributed by atoms with E-state index in [0.717, 1.165) is 34.5 Å². The Morgan fingerprint density at radius 2 is 1.89 bits per heavy atom. The van der Waals surface area contributed by atoms with Crippen LogP contribution in [0.25, 0.3) is 11.2 Å². The monoisotopic (exact) mass is 282 g/mol. The van der Waals surface area contributed by atoms with Gasteiger partial charge in [-0.15, -0.1) is 0 Å². The highest BCUT2D eigenvalue weighted by Gasteiger charge is 2.09. The molecular weight excluding hydrogens is 264 g/mol. The summed E-state index contributed by atoms with van der Waals surface area (Å²) in [6.07, 6.45) is 4.56. The van der Waals surface area contributed by atoms with Gasteiger partial charge in [0.15, 0.2) is 10.4 Å². The average Bonchev–Trinajstić information content (AvgIpc) is 2.78. The van der Waals surface area contributed by atoms with E-state index in [0.29, 0.717) is 4.77 Å². The standard InChI is InChI=1S/C12H18N4S2/c1-4-5-6-7-8-13-9-10(14-8)15(2)12(18)16(3)11(9)17/h4-7H2,1-3H3,(H,13,14). The molecule has 2 heterocycles. The summed E-state index contributed by atoms with van der Waals surface area (Å²) in [4.78, 5) is 7.94. The summed E-state index contributed by atoms with van der Waals surface area (Å²) in [6, 6.07) is 0. The summed E-state index contributed by atoms with van der Waals surface area (Å²) in [7, 11) is 3.82. The van der Waals surface area contributed by atoms with E-state index in [4.69, 9.17) is 24.4 Å². The van der Waals surface area contributed by atoms with E-state index >= 15 is 0 Å². The highest BCUT2D eigenvalue weighted by molar-refractivity contribution is 7.72. The minimum atomic E-state index is 0.694. The first-order valence-corrected chi connectivity index (χ1v) is 7.02. The molecule has 2 aromatic heterocycles. The van der Waals surface area contributed by atoms with Gasteiger partial charge in [0.25, 0.3) is 0 Å². The number of unbranched alkanes of at least 4 members (excludes halogenated alkanes) is 2. The summed E-state index contributed by atoms with van der Waals surface area (Å²) >= 11 is 10.7. The van der Waals surface area contributed by atoms with Crippen LogP contribution >= 0.6 is 24.4 Å². The molecule has 0 aliphatic carbocycles. The van der Waals surface area contributed by atoms with Crippen LogP contribution in [-0.4, -0.2) is 19.1 Å². The van der Waals surface area contributed by atoms with Gasteiger partial charge in [-0.25, -0.2) is 4.98 Å². The van der Waals surface area contributed by atoms with Crippen LogP contribution in [0.4, 0.5) is 0 Å². The van der Waals surface area contributed by atoms with Gasteiger partial charge in [-0.1, -0.05) is 32.0 Å². The van der Waals surface area contributed by atoms with Crippen molar-refractivity contribution in [1.29, 1.82) is 0 Å². The second-order valence-corrected chi connectivity index (χ2v) is 5.30. The van der Waals surface area contributed by atoms with Gasteiger partial charge in [0.05, 0.1) is 0 Å². The van der Waals surface area contributed by atoms with Crippen molar-refractivity contribution in [2.24, 2.45) is 14.1 Å². The van der Waals surface area contributed by atoms with Crippen LogP contribution in [0.2, 0.25) is 0 Å². The van der Waals surface area contributed by atoms with Crippen molar-refractivity contribution in [3.05, 3.63) is 15.2 Å². The third-order valence-electron chi connectivity index (χ3n) is 3.16. The molecule has 0 atom stereocenters. The molecule has 0 saturated heterocycles. The molecule has 0 amide bonds. The zero-order valence-electron chi connectivity index (χ0n) is 11.0. The Labute approximate surface area is 117 Å². The van der Waals surface area contributed by atoms with E-state index in [9.17, 15) is 0 Å². The summed E-state index contributed by atoms with van der Waals surface area (Å²) in [5.74, 6) is 1.00. The lowest BCUT2D eigenvalue weighted by Gasteiger charge is -2.05. The highest BCUT2D eigenvalue weighted by Crippen LogP contribution is 2.14. The van der Waals surface area contributed by atoms with E-state index in [1.54, 1.807) is 0 Å². The number of aromatic nitrogens is 4. The zero-order chi connectivity index (χ0) is 13.3. The van der Waals surface area contributed by atoms with Crippen molar-refractivity contribution in [2.75, 3.05) is 0 Å². The number of hydrogen-bond donors (Lipinski definition) is 1. The number of H-pyrrole nitrogens is 1. The third-order valence-corrected chi connectivity index (χ3v) is 4.19. The smallest absolute Gasteiger partial charge is 0.182 e. The lowest BCUT2D eigenvalue weighted by molar-refractivity contribution is 0.699. The van der Waals surface area contributed by atoms with Gasteiger partial charge in [0.1, 0.15) is 16.0 Å². The fourth-order valence-corrected chi connectivity index (χ4v) is 2.50. The van der Waals surface area contributed by atoms with Crippen LogP contribution in [0.5, 0.6) is 0 Å². The fourth-order valence-electron chi connectivity index (χ4n) is 2.03. The molecule has 98 valence electrons. The average molecular weight is 282 g/mol. The maximum absolute atomic E-state index is 5.40. The van der Waals surface area contributed by atoms with Crippen molar-refractivity contribution in [1.82, 2.24) is 19.1 Å². The fraction of sp³-hybridized carbons (Fsp3) is 0.583. The molecule has 0 saturated carbocycles. The molecule has 0 radical (unpaired) electrons. The summed E-state index contributed by atoms with van der Waals surface area (Å²) in [5.41, 5.74) is 1.77. The van der Waals surface area contributed by atoms with Gasteiger partial charge in [-0.3, -0.25) is 0 Å². The van der Waals surface area contributed by atoms with Gasteiger partial charge in [0, 0.05) is 20.5 Å². The first-order valence-electron chi connectivity index (χ1n) is 6.20. The Kier molecular flexibility index (Phi) is 3.97. The van der Waals surface area contributed by atoms with Gasteiger partial charge in [-0.05, 0) is 18.6 Å². The van der Waals surface area contributed by atoms with Gasteiger partial charge >= 0.3 is 0 Å². The first kappa shape index (κ1) is 13.4. The zero-order valence-corrected chi connectivity index (χ0v) is 12.6. The minimum absolute atomic E-state index is 0.694. The van der Waals surface area contributed by atoms with Crippen molar-refractivity contribution in [3.8, 4) is 0 Å². The molecule has 0 unspecified atom stereocenters. The lowest BCUT2D eigenvalue weighted by Crippen LogP contribution is -2.05. The van der Waals surface area contributed by atoms with Gasteiger partial charge in [0.2, 0.25) is 0 Å². The van der Waals surface area contributed by atoms with Gasteiger partial charge in [-0.2, -0.15) is 0 Å². The molecule has 0 aliphatic rings. The summed E-state index contributed by atoms with van der Waals surface area (Å²) < 4.78 is 5.16. The number of fused-ring (bicyclic) bond motifs is 1. The van der Waals surface area contributed by atoms with Crippen LogP contribution in [0, 0.1) is 9.41 Å². The number of aryl methyl sites for hydroxylation is 2. The Morgan fingerprint density at radius 1 is 1.17 bits per heavy atom. The molecular formula is C12H18N4S2. The van der Waals surface area contributed by atoms with Crippen molar-refractivity contribution in [2.45, 2.75) is 32.6 Å². The van der Waals surface area contributed by atoms with Crippen LogP contribution in [0.3, 0.4) is 0 Å². The van der Waals surface area contributed by atoms with E-state index in [2.05, 4.69) is 16.9 Å². The lowest BCUT2D eigenvalue weighted by atomic mass is 10.2. The SMILES string of the molecule is CCCCCc1nc2c([nH]1)c(=S)n(C)c(=S)n2C. The normalized spacial score (nSPS) is 11.3. The van der Waals surface area contributed by atoms with E-state index in [-0.39, 0.29) is 0 Å². The first-order chi connectivity index (χ1) is 8.56. The molecule has 1 N–H and O–H groups in total. The van der Waals surface area contributed by atoms with Crippen molar-refractivity contribution >= 4 is 35.6 Å². The summed E-state index contributed by atoms with van der Waals surface area (Å²) in [6.45, 7) is 2.20. The number of nitrogens with zero attached hydrogens (tertiary/aromatic N) is 3. The van der Waals surface area contributed by atoms with Crippen molar-refractivity contribution < 1.29 is 0 Å². The third kappa shape index (κ3) is 2.27.